The molecule has 0 heterocycles. The number of carbonyl (C=O) groups is 3. The van der Waals surface area contributed by atoms with E-state index in [1.54, 1.807) is 20.8 Å². The van der Waals surface area contributed by atoms with Gasteiger partial charge in [0.25, 0.3) is 0 Å². The summed E-state index contributed by atoms with van der Waals surface area (Å²) in [5.74, 6) is -3.12. The number of aliphatic carboxylic acids is 1. The second kappa shape index (κ2) is 9.95. The zero-order valence-corrected chi connectivity index (χ0v) is 19.8. The highest BCUT2D eigenvalue weighted by Crippen LogP contribution is 2.38. The van der Waals surface area contributed by atoms with Crippen LogP contribution < -0.4 is 11.5 Å². The fourth-order valence-electron chi connectivity index (χ4n) is 4.04. The maximum atomic E-state index is 12.4. The van der Waals surface area contributed by atoms with Crippen molar-refractivity contribution in [2.24, 2.45) is 11.5 Å². The highest BCUT2D eigenvalue weighted by Gasteiger charge is 2.50. The van der Waals surface area contributed by atoms with Crippen molar-refractivity contribution in [3.05, 3.63) is 59.2 Å². The third kappa shape index (κ3) is 5.46. The average Bonchev–Trinajstić information content (AvgIpc) is 3.15. The summed E-state index contributed by atoms with van der Waals surface area (Å²) < 4.78 is 10.6. The van der Waals surface area contributed by atoms with E-state index in [9.17, 15) is 19.5 Å². The number of benzene rings is 2. The van der Waals surface area contributed by atoms with Crippen molar-refractivity contribution in [2.75, 3.05) is 0 Å². The molecular formula is C26H32N2O6. The van der Waals surface area contributed by atoms with Crippen LogP contribution in [0.2, 0.25) is 0 Å². The van der Waals surface area contributed by atoms with Gasteiger partial charge in [0.15, 0.2) is 0 Å². The van der Waals surface area contributed by atoms with Gasteiger partial charge in [-0.1, -0.05) is 42.5 Å². The van der Waals surface area contributed by atoms with Crippen LogP contribution >= 0.6 is 0 Å². The van der Waals surface area contributed by atoms with Crippen LogP contribution in [-0.4, -0.2) is 40.2 Å². The first-order chi connectivity index (χ1) is 15.9. The molecule has 2 unspecified atom stereocenters. The maximum absolute atomic E-state index is 12.4. The van der Waals surface area contributed by atoms with Crippen LogP contribution in [0, 0.1) is 0 Å². The predicted molar refractivity (Wildman–Crippen MR) is 127 cm³/mol. The molecule has 3 rings (SSSR count). The lowest BCUT2D eigenvalue weighted by molar-refractivity contribution is -0.170. The van der Waals surface area contributed by atoms with E-state index in [1.807, 2.05) is 24.3 Å². The minimum absolute atomic E-state index is 0.0208. The van der Waals surface area contributed by atoms with Gasteiger partial charge in [-0.3, -0.25) is 4.79 Å². The summed E-state index contributed by atoms with van der Waals surface area (Å²) in [6.07, 6.45) is 1.07. The minimum Gasteiger partial charge on any atom is -0.479 e. The molecule has 182 valence electrons. The Morgan fingerprint density at radius 1 is 1.06 bits per heavy atom. The van der Waals surface area contributed by atoms with Gasteiger partial charge in [-0.2, -0.15) is 0 Å². The molecule has 1 aliphatic carbocycles. The predicted octanol–water partition coefficient (Wildman–Crippen LogP) is 2.92. The van der Waals surface area contributed by atoms with Crippen LogP contribution in [0.25, 0.3) is 11.1 Å². The standard InChI is InChI=1S/C26H32N2O6/c1-25(2,3)34-24(32)26(28,23(30)31)21(27)12-7-13-22(29)33-15-17-9-6-11-19-18-10-5-4-8-16(18)14-20(17)19/h4-6,8-11,21H,7,12-15,27-28H2,1-3H3,(H,30,31). The Kier molecular flexibility index (Phi) is 7.43. The molecular weight excluding hydrogens is 436 g/mol. The SMILES string of the molecule is CC(C)(C)OC(=O)C(N)(C(=O)O)C(N)CCCC(=O)OCc1cccc2c1Cc1ccccc1-2. The first-order valence-electron chi connectivity index (χ1n) is 11.3. The number of carboxylic acids is 1. The molecule has 2 atom stereocenters. The van der Waals surface area contributed by atoms with Gasteiger partial charge in [-0.25, -0.2) is 9.59 Å². The number of esters is 2. The van der Waals surface area contributed by atoms with Crippen molar-refractivity contribution >= 4 is 17.9 Å². The monoisotopic (exact) mass is 468 g/mol. The minimum atomic E-state index is -2.41. The summed E-state index contributed by atoms with van der Waals surface area (Å²) in [6, 6.07) is 12.9. The smallest absolute Gasteiger partial charge is 0.340 e. The molecule has 0 saturated heterocycles. The number of fused-ring (bicyclic) bond motifs is 3. The fourth-order valence-corrected chi connectivity index (χ4v) is 4.04. The summed E-state index contributed by atoms with van der Waals surface area (Å²) in [5, 5.41) is 9.53. The lowest BCUT2D eigenvalue weighted by Gasteiger charge is -2.32. The number of carboxylic acid groups (broad SMARTS) is 1. The first kappa shape index (κ1) is 25.4. The quantitative estimate of drug-likeness (QED) is 0.321. The van der Waals surface area contributed by atoms with Crippen LogP contribution in [0.3, 0.4) is 0 Å². The number of nitrogens with two attached hydrogens (primary N) is 2. The van der Waals surface area contributed by atoms with Crippen LogP contribution in [0.1, 0.15) is 56.7 Å². The number of hydrogen-bond acceptors (Lipinski definition) is 7. The van der Waals surface area contributed by atoms with E-state index in [-0.39, 0.29) is 25.9 Å². The van der Waals surface area contributed by atoms with E-state index >= 15 is 0 Å². The Bertz CT molecular complexity index is 1090. The highest BCUT2D eigenvalue weighted by molar-refractivity contribution is 6.05. The lowest BCUT2D eigenvalue weighted by atomic mass is 9.88. The van der Waals surface area contributed by atoms with E-state index in [4.69, 9.17) is 20.9 Å². The summed E-state index contributed by atoms with van der Waals surface area (Å²) in [7, 11) is 0. The molecule has 0 bridgehead atoms. The zero-order chi connectivity index (χ0) is 25.1. The third-order valence-corrected chi connectivity index (χ3v) is 5.91. The molecule has 0 aliphatic heterocycles. The van der Waals surface area contributed by atoms with Crippen molar-refractivity contribution in [1.29, 1.82) is 0 Å². The van der Waals surface area contributed by atoms with E-state index in [1.165, 1.54) is 11.1 Å². The molecule has 0 spiro atoms. The molecule has 0 saturated carbocycles. The second-order valence-electron chi connectivity index (χ2n) is 9.61. The van der Waals surface area contributed by atoms with E-state index < -0.39 is 35.1 Å². The molecule has 0 aromatic heterocycles. The number of hydrogen-bond donors (Lipinski definition) is 3. The second-order valence-corrected chi connectivity index (χ2v) is 9.61. The van der Waals surface area contributed by atoms with Gasteiger partial charge in [0.2, 0.25) is 5.54 Å². The van der Waals surface area contributed by atoms with E-state index in [0.29, 0.717) is 0 Å². The molecule has 1 aliphatic rings. The van der Waals surface area contributed by atoms with Gasteiger partial charge in [-0.05, 0) is 67.9 Å². The molecule has 5 N–H and O–H groups in total. The summed E-state index contributed by atoms with van der Waals surface area (Å²) in [6.45, 7) is 4.97. The Morgan fingerprint density at radius 2 is 1.74 bits per heavy atom. The molecule has 2 aromatic rings. The Morgan fingerprint density at radius 3 is 2.41 bits per heavy atom. The van der Waals surface area contributed by atoms with Crippen molar-refractivity contribution in [3.63, 3.8) is 0 Å². The van der Waals surface area contributed by atoms with Gasteiger partial charge in [-0.15, -0.1) is 0 Å². The number of rotatable bonds is 9. The molecule has 0 radical (unpaired) electrons. The molecule has 8 nitrogen and oxygen atoms in total. The molecule has 0 amide bonds. The van der Waals surface area contributed by atoms with Gasteiger partial charge >= 0.3 is 17.9 Å². The average molecular weight is 469 g/mol. The third-order valence-electron chi connectivity index (χ3n) is 5.91. The van der Waals surface area contributed by atoms with Gasteiger partial charge in [0, 0.05) is 12.5 Å². The fraction of sp³-hybridized carbons (Fsp3) is 0.423. The van der Waals surface area contributed by atoms with Crippen LogP contribution in [0.5, 0.6) is 0 Å². The van der Waals surface area contributed by atoms with Crippen molar-refractivity contribution < 1.29 is 29.0 Å². The number of ether oxygens (including phenoxy) is 2. The van der Waals surface area contributed by atoms with Gasteiger partial charge in [0.05, 0.1) is 0 Å². The summed E-state index contributed by atoms with van der Waals surface area (Å²) in [4.78, 5) is 36.4. The van der Waals surface area contributed by atoms with E-state index in [0.717, 1.165) is 23.1 Å². The molecule has 34 heavy (non-hydrogen) atoms. The van der Waals surface area contributed by atoms with Gasteiger partial charge < -0.3 is 26.0 Å². The Balaban J connectivity index is 1.53. The van der Waals surface area contributed by atoms with Gasteiger partial charge in [0.1, 0.15) is 12.2 Å². The largest absolute Gasteiger partial charge is 0.479 e. The number of carbonyl (C=O) groups excluding carboxylic acids is 2. The van der Waals surface area contributed by atoms with Crippen molar-refractivity contribution in [2.45, 2.75) is 70.2 Å². The molecule has 0 fully saturated rings. The summed E-state index contributed by atoms with van der Waals surface area (Å²) in [5.41, 5.74) is 14.2. The zero-order valence-electron chi connectivity index (χ0n) is 19.8. The normalized spacial score (nSPS) is 15.0. The maximum Gasteiger partial charge on any atom is 0.340 e. The van der Waals surface area contributed by atoms with Crippen LogP contribution in [0.15, 0.2) is 42.5 Å². The first-order valence-corrected chi connectivity index (χ1v) is 11.3. The topological polar surface area (TPSA) is 142 Å². The van der Waals surface area contributed by atoms with Crippen LogP contribution in [0.4, 0.5) is 0 Å². The van der Waals surface area contributed by atoms with Crippen LogP contribution in [-0.2, 0) is 36.9 Å². The lowest BCUT2D eigenvalue weighted by Crippen LogP contribution is -2.67. The van der Waals surface area contributed by atoms with E-state index in [2.05, 4.69) is 18.2 Å². The molecule has 8 heteroatoms. The molecule has 2 aromatic carbocycles. The highest BCUT2D eigenvalue weighted by atomic mass is 16.6. The van der Waals surface area contributed by atoms with Crippen molar-refractivity contribution in [3.8, 4) is 11.1 Å². The summed E-state index contributed by atoms with van der Waals surface area (Å²) >= 11 is 0. The Labute approximate surface area is 199 Å². The van der Waals surface area contributed by atoms with Crippen molar-refractivity contribution in [1.82, 2.24) is 0 Å². The Hall–Kier alpha value is -3.23.